The molecular formula is C12H17NO2. The Balaban J connectivity index is 2.71. The normalized spacial score (nSPS) is 10.2. The molecule has 1 rings (SSSR count). The zero-order chi connectivity index (χ0) is 11.4. The molecule has 0 fully saturated rings. The van der Waals surface area contributed by atoms with Gasteiger partial charge in [0.1, 0.15) is 0 Å². The zero-order valence-electron chi connectivity index (χ0n) is 9.63. The van der Waals surface area contributed by atoms with Crippen molar-refractivity contribution in [3.8, 4) is 0 Å². The average molecular weight is 207 g/mol. The number of hydrogen-bond acceptors (Lipinski definition) is 2. The summed E-state index contributed by atoms with van der Waals surface area (Å²) in [5.74, 6) is 0. The maximum absolute atomic E-state index is 11.4. The molecule has 15 heavy (non-hydrogen) atoms. The van der Waals surface area contributed by atoms with Gasteiger partial charge in [-0.15, -0.1) is 0 Å². The highest BCUT2D eigenvalue weighted by atomic mass is 16.6. The van der Waals surface area contributed by atoms with Crippen LogP contribution in [-0.2, 0) is 4.74 Å². The fraction of sp³-hybridized carbons (Fsp3) is 0.417. The van der Waals surface area contributed by atoms with E-state index in [4.69, 9.17) is 4.74 Å². The lowest BCUT2D eigenvalue weighted by Crippen LogP contribution is -2.18. The molecule has 0 saturated carbocycles. The van der Waals surface area contributed by atoms with E-state index in [1.54, 1.807) is 0 Å². The van der Waals surface area contributed by atoms with Crippen molar-refractivity contribution in [1.29, 1.82) is 0 Å². The summed E-state index contributed by atoms with van der Waals surface area (Å²) in [6.45, 7) is 7.58. The van der Waals surface area contributed by atoms with E-state index in [1.165, 1.54) is 0 Å². The lowest BCUT2D eigenvalue weighted by molar-refractivity contribution is 0.130. The Bertz CT molecular complexity index is 359. The molecule has 0 aliphatic carbocycles. The van der Waals surface area contributed by atoms with Crippen molar-refractivity contribution in [2.45, 2.75) is 33.8 Å². The van der Waals surface area contributed by atoms with Crippen molar-refractivity contribution >= 4 is 11.8 Å². The van der Waals surface area contributed by atoms with Crippen LogP contribution < -0.4 is 5.32 Å². The van der Waals surface area contributed by atoms with Crippen LogP contribution in [0, 0.1) is 13.8 Å². The molecule has 1 aromatic rings. The van der Waals surface area contributed by atoms with E-state index in [-0.39, 0.29) is 6.10 Å². The van der Waals surface area contributed by atoms with E-state index in [0.717, 1.165) is 16.8 Å². The molecule has 0 spiro atoms. The molecule has 0 radical (unpaired) electrons. The third-order valence-electron chi connectivity index (χ3n) is 1.97. The molecule has 1 aromatic carbocycles. The van der Waals surface area contributed by atoms with Crippen LogP contribution in [0.4, 0.5) is 10.5 Å². The highest BCUT2D eigenvalue weighted by Gasteiger charge is 2.07. The summed E-state index contributed by atoms with van der Waals surface area (Å²) >= 11 is 0. The smallest absolute Gasteiger partial charge is 0.411 e. The largest absolute Gasteiger partial charge is 0.447 e. The molecule has 0 atom stereocenters. The Labute approximate surface area is 90.4 Å². The Morgan fingerprint density at radius 2 is 2.00 bits per heavy atom. The highest BCUT2D eigenvalue weighted by molar-refractivity contribution is 5.85. The molecular weight excluding hydrogens is 190 g/mol. The minimum Gasteiger partial charge on any atom is -0.447 e. The quantitative estimate of drug-likeness (QED) is 0.808. The standard InChI is InChI=1S/C12H17NO2/c1-8(2)15-12(14)13-11-7-9(3)5-6-10(11)4/h5-8H,1-4H3,(H,13,14). The third kappa shape index (κ3) is 3.62. The Morgan fingerprint density at radius 3 is 2.60 bits per heavy atom. The fourth-order valence-corrected chi connectivity index (χ4v) is 1.22. The monoisotopic (exact) mass is 207 g/mol. The van der Waals surface area contributed by atoms with Crippen LogP contribution in [0.3, 0.4) is 0 Å². The number of nitrogens with one attached hydrogen (secondary N) is 1. The summed E-state index contributed by atoms with van der Waals surface area (Å²) in [4.78, 5) is 11.4. The first-order chi connectivity index (χ1) is 6.99. The Hall–Kier alpha value is -1.51. The van der Waals surface area contributed by atoms with E-state index >= 15 is 0 Å². The summed E-state index contributed by atoms with van der Waals surface area (Å²) in [6.07, 6.45) is -0.506. The number of anilines is 1. The molecule has 3 nitrogen and oxygen atoms in total. The Kier molecular flexibility index (Phi) is 3.72. The molecule has 0 aromatic heterocycles. The van der Waals surface area contributed by atoms with Crippen molar-refractivity contribution in [2.24, 2.45) is 0 Å². The Morgan fingerprint density at radius 1 is 1.33 bits per heavy atom. The maximum Gasteiger partial charge on any atom is 0.411 e. The van der Waals surface area contributed by atoms with Crippen molar-refractivity contribution in [2.75, 3.05) is 5.32 Å². The second-order valence-electron chi connectivity index (χ2n) is 3.90. The topological polar surface area (TPSA) is 38.3 Å². The lowest BCUT2D eigenvalue weighted by atomic mass is 10.1. The van der Waals surface area contributed by atoms with Crippen molar-refractivity contribution in [3.63, 3.8) is 0 Å². The van der Waals surface area contributed by atoms with Gasteiger partial charge in [-0.25, -0.2) is 4.79 Å². The number of hydrogen-bond donors (Lipinski definition) is 1. The van der Waals surface area contributed by atoms with Crippen LogP contribution in [0.2, 0.25) is 0 Å². The molecule has 0 bridgehead atoms. The van der Waals surface area contributed by atoms with Crippen LogP contribution >= 0.6 is 0 Å². The van der Waals surface area contributed by atoms with Gasteiger partial charge in [0, 0.05) is 5.69 Å². The van der Waals surface area contributed by atoms with E-state index in [0.29, 0.717) is 0 Å². The van der Waals surface area contributed by atoms with Gasteiger partial charge in [-0.2, -0.15) is 0 Å². The predicted octanol–water partition coefficient (Wildman–Crippen LogP) is 3.26. The minimum atomic E-state index is -0.404. The van der Waals surface area contributed by atoms with Crippen LogP contribution in [0.5, 0.6) is 0 Å². The van der Waals surface area contributed by atoms with Gasteiger partial charge in [0.15, 0.2) is 0 Å². The first kappa shape index (κ1) is 11.6. The number of amides is 1. The average Bonchev–Trinajstić information content (AvgIpc) is 2.10. The second kappa shape index (κ2) is 4.82. The molecule has 1 amide bonds. The van der Waals surface area contributed by atoms with Gasteiger partial charge >= 0.3 is 6.09 Å². The molecule has 1 N–H and O–H groups in total. The lowest BCUT2D eigenvalue weighted by Gasteiger charge is -2.11. The molecule has 82 valence electrons. The van der Waals surface area contributed by atoms with Crippen LogP contribution in [0.25, 0.3) is 0 Å². The summed E-state index contributed by atoms with van der Waals surface area (Å²) < 4.78 is 5.00. The van der Waals surface area contributed by atoms with Crippen molar-refractivity contribution in [3.05, 3.63) is 29.3 Å². The number of benzene rings is 1. The first-order valence-electron chi connectivity index (χ1n) is 5.04. The van der Waals surface area contributed by atoms with Crippen LogP contribution in [-0.4, -0.2) is 12.2 Å². The molecule has 0 aliphatic rings. The summed E-state index contributed by atoms with van der Waals surface area (Å²) in [6, 6.07) is 5.91. The van der Waals surface area contributed by atoms with Gasteiger partial charge in [-0.05, 0) is 44.9 Å². The van der Waals surface area contributed by atoms with Crippen LogP contribution in [0.1, 0.15) is 25.0 Å². The number of rotatable bonds is 2. The summed E-state index contributed by atoms with van der Waals surface area (Å²) in [7, 11) is 0. The molecule has 0 heterocycles. The van der Waals surface area contributed by atoms with Gasteiger partial charge in [0.25, 0.3) is 0 Å². The van der Waals surface area contributed by atoms with Gasteiger partial charge in [0.2, 0.25) is 0 Å². The van der Waals surface area contributed by atoms with Crippen LogP contribution in [0.15, 0.2) is 18.2 Å². The second-order valence-corrected chi connectivity index (χ2v) is 3.90. The van der Waals surface area contributed by atoms with Crippen molar-refractivity contribution in [1.82, 2.24) is 0 Å². The maximum atomic E-state index is 11.4. The van der Waals surface area contributed by atoms with Gasteiger partial charge in [-0.1, -0.05) is 12.1 Å². The van der Waals surface area contributed by atoms with E-state index in [1.807, 2.05) is 45.9 Å². The number of ether oxygens (including phenoxy) is 1. The summed E-state index contributed by atoms with van der Waals surface area (Å²) in [5, 5.41) is 2.72. The van der Waals surface area contributed by atoms with E-state index in [2.05, 4.69) is 5.32 Å². The first-order valence-corrected chi connectivity index (χ1v) is 5.04. The fourth-order valence-electron chi connectivity index (χ4n) is 1.22. The number of aryl methyl sites for hydroxylation is 2. The molecule has 0 aliphatic heterocycles. The predicted molar refractivity (Wildman–Crippen MR) is 61.2 cm³/mol. The molecule has 0 saturated heterocycles. The summed E-state index contributed by atoms with van der Waals surface area (Å²) in [5.41, 5.74) is 2.95. The number of carbonyl (C=O) groups excluding carboxylic acids is 1. The van der Waals surface area contributed by atoms with Gasteiger partial charge < -0.3 is 4.74 Å². The SMILES string of the molecule is Cc1ccc(C)c(NC(=O)OC(C)C)c1. The zero-order valence-corrected chi connectivity index (χ0v) is 9.63. The molecule has 0 unspecified atom stereocenters. The highest BCUT2D eigenvalue weighted by Crippen LogP contribution is 2.16. The van der Waals surface area contributed by atoms with E-state index < -0.39 is 6.09 Å². The molecule has 3 heteroatoms. The van der Waals surface area contributed by atoms with Gasteiger partial charge in [0.05, 0.1) is 6.10 Å². The number of carbonyl (C=O) groups is 1. The third-order valence-corrected chi connectivity index (χ3v) is 1.97. The minimum absolute atomic E-state index is 0.102. The van der Waals surface area contributed by atoms with E-state index in [9.17, 15) is 4.79 Å². The van der Waals surface area contributed by atoms with Crippen molar-refractivity contribution < 1.29 is 9.53 Å². The van der Waals surface area contributed by atoms with Gasteiger partial charge in [-0.3, -0.25) is 5.32 Å².